The number of ether oxygens (including phenoxy) is 2. The second kappa shape index (κ2) is 9.70. The second-order valence-corrected chi connectivity index (χ2v) is 10.1. The molecule has 5 rings (SSSR count). The van der Waals surface area contributed by atoms with E-state index in [-0.39, 0.29) is 36.0 Å². The Kier molecular flexibility index (Phi) is 6.58. The Morgan fingerprint density at radius 2 is 1.81 bits per heavy atom. The third kappa shape index (κ3) is 4.21. The van der Waals surface area contributed by atoms with Gasteiger partial charge in [0.15, 0.2) is 0 Å². The number of amides is 2. The molecule has 9 nitrogen and oxygen atoms in total. The van der Waals surface area contributed by atoms with Crippen molar-refractivity contribution in [3.63, 3.8) is 0 Å². The van der Waals surface area contributed by atoms with Gasteiger partial charge in [0.25, 0.3) is 5.91 Å². The fourth-order valence-corrected chi connectivity index (χ4v) is 5.61. The van der Waals surface area contributed by atoms with Gasteiger partial charge in [0, 0.05) is 37.3 Å². The number of fused-ring (bicyclic) bond motifs is 1. The molecule has 10 heteroatoms. The highest BCUT2D eigenvalue weighted by molar-refractivity contribution is 6.30. The first-order chi connectivity index (χ1) is 17.7. The van der Waals surface area contributed by atoms with Crippen LogP contribution >= 0.6 is 11.6 Å². The van der Waals surface area contributed by atoms with Crippen LogP contribution in [-0.2, 0) is 4.79 Å². The number of aromatic nitrogens is 3. The Labute approximate surface area is 221 Å². The monoisotopic (exact) mass is 523 g/mol. The van der Waals surface area contributed by atoms with Gasteiger partial charge in [-0.25, -0.2) is 4.98 Å². The van der Waals surface area contributed by atoms with Gasteiger partial charge in [-0.15, -0.1) is 0 Å². The maximum absolute atomic E-state index is 14.1. The van der Waals surface area contributed by atoms with Gasteiger partial charge >= 0.3 is 6.01 Å². The van der Waals surface area contributed by atoms with Crippen LogP contribution in [0.25, 0.3) is 11.3 Å². The van der Waals surface area contributed by atoms with Crippen LogP contribution in [-0.4, -0.2) is 70.0 Å². The van der Waals surface area contributed by atoms with E-state index in [2.05, 4.69) is 28.4 Å². The van der Waals surface area contributed by atoms with Crippen LogP contribution in [0.4, 0.5) is 0 Å². The number of halogens is 1. The molecule has 37 heavy (non-hydrogen) atoms. The quantitative estimate of drug-likeness (QED) is 0.477. The average molecular weight is 524 g/mol. The van der Waals surface area contributed by atoms with Gasteiger partial charge < -0.3 is 23.8 Å². The molecule has 4 heterocycles. The third-order valence-corrected chi connectivity index (χ3v) is 7.41. The number of carbonyl (C=O) groups is 2. The minimum atomic E-state index is -0.340. The smallest absolute Gasteiger partial charge is 0.319 e. The summed E-state index contributed by atoms with van der Waals surface area (Å²) >= 11 is 6.22. The van der Waals surface area contributed by atoms with Crippen LogP contribution < -0.4 is 9.47 Å². The number of hydrogen-bond donors (Lipinski definition) is 0. The molecule has 1 aromatic carbocycles. The molecule has 194 valence electrons. The minimum absolute atomic E-state index is 0.0173. The highest BCUT2D eigenvalue weighted by Gasteiger charge is 2.46. The molecule has 0 saturated carbocycles. The molecule has 2 amide bonds. The molecule has 2 aromatic heterocycles. The molecule has 1 fully saturated rings. The second-order valence-electron chi connectivity index (χ2n) is 9.71. The Balaban J connectivity index is 1.70. The fourth-order valence-electron chi connectivity index (χ4n) is 5.48. The van der Waals surface area contributed by atoms with Crippen molar-refractivity contribution in [1.29, 1.82) is 0 Å². The largest absolute Gasteiger partial charge is 0.480 e. The summed E-state index contributed by atoms with van der Waals surface area (Å²) < 4.78 is 12.9. The number of hydrogen-bond acceptors (Lipinski definition) is 6. The zero-order valence-electron chi connectivity index (χ0n) is 21.6. The Bertz CT molecular complexity index is 1350. The van der Waals surface area contributed by atoms with Gasteiger partial charge in [-0.3, -0.25) is 9.59 Å². The lowest BCUT2D eigenvalue weighted by molar-refractivity contribution is -0.133. The topological polar surface area (TPSA) is 89.8 Å². The van der Waals surface area contributed by atoms with E-state index >= 15 is 0 Å². The van der Waals surface area contributed by atoms with Gasteiger partial charge in [0.1, 0.15) is 0 Å². The van der Waals surface area contributed by atoms with E-state index in [9.17, 15) is 9.59 Å². The Morgan fingerprint density at radius 1 is 1.08 bits per heavy atom. The van der Waals surface area contributed by atoms with Gasteiger partial charge in [-0.05, 0) is 44.0 Å². The predicted octanol–water partition coefficient (Wildman–Crippen LogP) is 4.36. The number of piperidine rings is 1. The SMILES string of the molecule is COc1ncc(-c2cc3c(n2C(C)C)C(c2ccc(Cl)cc2)N(C2CCC(=O)N(C)C2)C3=O)c(OC)n1. The van der Waals surface area contributed by atoms with E-state index in [0.29, 0.717) is 41.4 Å². The van der Waals surface area contributed by atoms with E-state index in [1.807, 2.05) is 35.2 Å². The summed E-state index contributed by atoms with van der Waals surface area (Å²) in [4.78, 5) is 38.6. The van der Waals surface area contributed by atoms with Crippen molar-refractivity contribution in [1.82, 2.24) is 24.3 Å². The first kappa shape index (κ1) is 25.1. The third-order valence-electron chi connectivity index (χ3n) is 7.16. The zero-order valence-corrected chi connectivity index (χ0v) is 22.3. The Morgan fingerprint density at radius 3 is 2.43 bits per heavy atom. The number of likely N-dealkylation sites (N-methyl/N-ethyl adjacent to an activating group) is 1. The highest BCUT2D eigenvalue weighted by atomic mass is 35.5. The lowest BCUT2D eigenvalue weighted by Crippen LogP contribution is -2.50. The molecule has 0 bridgehead atoms. The van der Waals surface area contributed by atoms with Crippen molar-refractivity contribution < 1.29 is 19.1 Å². The van der Waals surface area contributed by atoms with Crippen molar-refractivity contribution in [3.05, 3.63) is 58.4 Å². The summed E-state index contributed by atoms with van der Waals surface area (Å²) in [6, 6.07) is 9.31. The number of rotatable bonds is 6. The number of benzene rings is 1. The minimum Gasteiger partial charge on any atom is -0.480 e. The van der Waals surface area contributed by atoms with Crippen LogP contribution in [0.3, 0.4) is 0 Å². The van der Waals surface area contributed by atoms with Crippen LogP contribution in [0.15, 0.2) is 36.5 Å². The summed E-state index contributed by atoms with van der Waals surface area (Å²) in [5.41, 5.74) is 3.95. The number of carbonyl (C=O) groups excluding carboxylic acids is 2. The average Bonchev–Trinajstić information content (AvgIpc) is 3.41. The van der Waals surface area contributed by atoms with Crippen LogP contribution in [0.2, 0.25) is 5.02 Å². The molecule has 0 aliphatic carbocycles. The number of likely N-dealkylation sites (tertiary alicyclic amines) is 1. The molecule has 0 N–H and O–H groups in total. The maximum atomic E-state index is 14.1. The molecule has 0 radical (unpaired) electrons. The lowest BCUT2D eigenvalue weighted by atomic mass is 9.98. The van der Waals surface area contributed by atoms with Crippen molar-refractivity contribution in [2.24, 2.45) is 0 Å². The zero-order chi connectivity index (χ0) is 26.4. The fraction of sp³-hybridized carbons (Fsp3) is 0.407. The molecule has 2 atom stereocenters. The van der Waals surface area contributed by atoms with Gasteiger partial charge in [-0.2, -0.15) is 4.98 Å². The standard InChI is InChI=1S/C27H30ClN5O4/c1-15(2)32-21(20-13-29-27(37-5)30-25(20)36-4)12-19-24(32)23(16-6-8-17(28)9-7-16)33(26(19)35)18-10-11-22(34)31(3)14-18/h6-9,12-13,15,18,23H,10-11,14H2,1-5H3. The van der Waals surface area contributed by atoms with E-state index in [1.165, 1.54) is 7.11 Å². The first-order valence-corrected chi connectivity index (χ1v) is 12.7. The number of nitrogens with zero attached hydrogens (tertiary/aromatic N) is 5. The molecule has 0 spiro atoms. The van der Waals surface area contributed by atoms with E-state index in [0.717, 1.165) is 17.0 Å². The van der Waals surface area contributed by atoms with Crippen molar-refractivity contribution in [3.8, 4) is 23.1 Å². The summed E-state index contributed by atoms with van der Waals surface area (Å²) in [6.07, 6.45) is 2.70. The van der Waals surface area contributed by atoms with E-state index < -0.39 is 0 Å². The molecule has 2 unspecified atom stereocenters. The van der Waals surface area contributed by atoms with E-state index in [1.54, 1.807) is 25.3 Å². The lowest BCUT2D eigenvalue weighted by Gasteiger charge is -2.39. The molecule has 2 aliphatic heterocycles. The van der Waals surface area contributed by atoms with Crippen LogP contribution in [0.1, 0.15) is 60.4 Å². The van der Waals surface area contributed by atoms with Crippen molar-refractivity contribution in [2.75, 3.05) is 27.8 Å². The molecular weight excluding hydrogens is 494 g/mol. The summed E-state index contributed by atoms with van der Waals surface area (Å²) in [7, 11) is 4.84. The van der Waals surface area contributed by atoms with Crippen molar-refractivity contribution >= 4 is 23.4 Å². The number of methoxy groups -OCH3 is 2. The van der Waals surface area contributed by atoms with Gasteiger partial charge in [0.05, 0.1) is 48.8 Å². The van der Waals surface area contributed by atoms with E-state index in [4.69, 9.17) is 21.1 Å². The molecule has 1 saturated heterocycles. The maximum Gasteiger partial charge on any atom is 0.319 e. The Hall–Kier alpha value is -3.59. The summed E-state index contributed by atoms with van der Waals surface area (Å²) in [6.45, 7) is 4.66. The summed E-state index contributed by atoms with van der Waals surface area (Å²) in [5.74, 6) is 0.408. The summed E-state index contributed by atoms with van der Waals surface area (Å²) in [5, 5.41) is 0.628. The predicted molar refractivity (Wildman–Crippen MR) is 139 cm³/mol. The van der Waals surface area contributed by atoms with Gasteiger partial charge in [0.2, 0.25) is 11.8 Å². The van der Waals surface area contributed by atoms with Gasteiger partial charge in [-0.1, -0.05) is 23.7 Å². The van der Waals surface area contributed by atoms with Crippen molar-refractivity contribution in [2.45, 2.75) is 44.8 Å². The van der Waals surface area contributed by atoms with Crippen LogP contribution in [0.5, 0.6) is 11.9 Å². The highest BCUT2D eigenvalue weighted by Crippen LogP contribution is 2.47. The normalized spacial score (nSPS) is 19.5. The van der Waals surface area contributed by atoms with Crippen LogP contribution in [0, 0.1) is 0 Å². The molecular formula is C27H30ClN5O4. The first-order valence-electron chi connectivity index (χ1n) is 12.3. The molecule has 3 aromatic rings. The molecule has 2 aliphatic rings.